The number of ether oxygens (including phenoxy) is 1. The van der Waals surface area contributed by atoms with Crippen LogP contribution in [0.4, 0.5) is 0 Å². The van der Waals surface area contributed by atoms with Crippen molar-refractivity contribution >= 4 is 39.3 Å². The van der Waals surface area contributed by atoms with Crippen LogP contribution < -0.4 is 10.1 Å². The number of halogens is 2. The number of rotatable bonds is 9. The van der Waals surface area contributed by atoms with Crippen LogP contribution in [-0.2, 0) is 16.0 Å². The minimum absolute atomic E-state index is 0.164. The van der Waals surface area contributed by atoms with Gasteiger partial charge in [-0.3, -0.25) is 9.59 Å². The first-order valence-electron chi connectivity index (χ1n) is 9.09. The van der Waals surface area contributed by atoms with Gasteiger partial charge in [0.1, 0.15) is 11.8 Å². The molecule has 7 heteroatoms. The zero-order valence-electron chi connectivity index (χ0n) is 16.0. The fourth-order valence-corrected chi connectivity index (χ4v) is 3.67. The van der Waals surface area contributed by atoms with E-state index in [1.54, 1.807) is 30.1 Å². The van der Waals surface area contributed by atoms with Crippen LogP contribution in [0.15, 0.2) is 53.0 Å². The smallest absolute Gasteiger partial charge is 0.261 e. The van der Waals surface area contributed by atoms with Crippen LogP contribution in [0.5, 0.6) is 5.75 Å². The SMILES string of the molecule is CC[C@H](C(=O)NC)N(CCc1ccccc1)C(=O)COc1ccc(Cl)cc1Br. The molecule has 0 spiro atoms. The molecule has 28 heavy (non-hydrogen) atoms. The maximum atomic E-state index is 12.9. The molecule has 0 aromatic heterocycles. The van der Waals surface area contributed by atoms with Gasteiger partial charge in [0, 0.05) is 18.6 Å². The number of carbonyl (C=O) groups excluding carboxylic acids is 2. The van der Waals surface area contributed by atoms with Crippen LogP contribution in [-0.4, -0.2) is 43.0 Å². The minimum atomic E-state index is -0.543. The highest BCUT2D eigenvalue weighted by Crippen LogP contribution is 2.28. The van der Waals surface area contributed by atoms with Crippen molar-refractivity contribution in [3.63, 3.8) is 0 Å². The van der Waals surface area contributed by atoms with Crippen molar-refractivity contribution in [2.75, 3.05) is 20.2 Å². The average molecular weight is 468 g/mol. The van der Waals surface area contributed by atoms with E-state index in [9.17, 15) is 9.59 Å². The molecular formula is C21H24BrClN2O3. The Balaban J connectivity index is 2.11. The topological polar surface area (TPSA) is 58.6 Å². The number of hydrogen-bond donors (Lipinski definition) is 1. The Hall–Kier alpha value is -2.05. The Morgan fingerprint density at radius 3 is 2.54 bits per heavy atom. The second kappa shape index (κ2) is 11.1. The van der Waals surface area contributed by atoms with Gasteiger partial charge in [-0.2, -0.15) is 0 Å². The molecule has 5 nitrogen and oxygen atoms in total. The summed E-state index contributed by atoms with van der Waals surface area (Å²) in [6.07, 6.45) is 1.18. The van der Waals surface area contributed by atoms with Gasteiger partial charge in [-0.05, 0) is 52.5 Å². The number of hydrogen-bond acceptors (Lipinski definition) is 3. The zero-order chi connectivity index (χ0) is 20.5. The summed E-state index contributed by atoms with van der Waals surface area (Å²) >= 11 is 9.31. The summed E-state index contributed by atoms with van der Waals surface area (Å²) in [5.41, 5.74) is 1.11. The van der Waals surface area contributed by atoms with Gasteiger partial charge in [0.05, 0.1) is 4.47 Å². The zero-order valence-corrected chi connectivity index (χ0v) is 18.3. The molecule has 1 N–H and O–H groups in total. The maximum absolute atomic E-state index is 12.9. The van der Waals surface area contributed by atoms with Crippen molar-refractivity contribution in [1.29, 1.82) is 0 Å². The number of nitrogens with one attached hydrogen (secondary N) is 1. The molecule has 0 aliphatic carbocycles. The van der Waals surface area contributed by atoms with Crippen molar-refractivity contribution < 1.29 is 14.3 Å². The van der Waals surface area contributed by atoms with Crippen LogP contribution in [0.3, 0.4) is 0 Å². The fourth-order valence-electron chi connectivity index (χ4n) is 2.88. The van der Waals surface area contributed by atoms with Crippen molar-refractivity contribution in [3.05, 3.63) is 63.6 Å². The summed E-state index contributed by atoms with van der Waals surface area (Å²) in [4.78, 5) is 26.8. The second-order valence-corrected chi connectivity index (χ2v) is 7.52. The van der Waals surface area contributed by atoms with Crippen LogP contribution in [0.1, 0.15) is 18.9 Å². The standard InChI is InChI=1S/C21H24BrClN2O3/c1-3-18(21(27)24-2)25(12-11-15-7-5-4-6-8-15)20(26)14-28-19-10-9-16(23)13-17(19)22/h4-10,13,18H,3,11-12,14H2,1-2H3,(H,24,27)/t18-/m1/s1. The lowest BCUT2D eigenvalue weighted by molar-refractivity contribution is -0.142. The molecule has 0 saturated heterocycles. The summed E-state index contributed by atoms with van der Waals surface area (Å²) in [6.45, 7) is 2.15. The Bertz CT molecular complexity index is 801. The Morgan fingerprint density at radius 2 is 1.93 bits per heavy atom. The number of amides is 2. The molecule has 0 aliphatic heterocycles. The molecule has 0 fully saturated rings. The van der Waals surface area contributed by atoms with Crippen LogP contribution in [0, 0.1) is 0 Å². The van der Waals surface area contributed by atoms with Crippen LogP contribution in [0.2, 0.25) is 5.02 Å². The monoisotopic (exact) mass is 466 g/mol. The molecule has 2 aromatic rings. The van der Waals surface area contributed by atoms with E-state index in [-0.39, 0.29) is 18.4 Å². The van der Waals surface area contributed by atoms with E-state index in [4.69, 9.17) is 16.3 Å². The first-order valence-corrected chi connectivity index (χ1v) is 10.3. The summed E-state index contributed by atoms with van der Waals surface area (Å²) in [7, 11) is 1.58. The summed E-state index contributed by atoms with van der Waals surface area (Å²) < 4.78 is 6.33. The molecule has 2 aromatic carbocycles. The van der Waals surface area contributed by atoms with E-state index >= 15 is 0 Å². The van der Waals surface area contributed by atoms with Crippen LogP contribution in [0.25, 0.3) is 0 Å². The molecule has 0 unspecified atom stereocenters. The van der Waals surface area contributed by atoms with Crippen LogP contribution >= 0.6 is 27.5 Å². The highest BCUT2D eigenvalue weighted by atomic mass is 79.9. The van der Waals surface area contributed by atoms with Crippen molar-refractivity contribution in [2.24, 2.45) is 0 Å². The molecule has 1 atom stereocenters. The van der Waals surface area contributed by atoms with Gasteiger partial charge in [0.2, 0.25) is 5.91 Å². The summed E-state index contributed by atoms with van der Waals surface area (Å²) in [5.74, 6) is 0.0959. The van der Waals surface area contributed by atoms with Gasteiger partial charge >= 0.3 is 0 Å². The number of benzene rings is 2. The van der Waals surface area contributed by atoms with E-state index in [1.165, 1.54) is 0 Å². The quantitative estimate of drug-likeness (QED) is 0.605. The fraction of sp³-hybridized carbons (Fsp3) is 0.333. The number of carbonyl (C=O) groups is 2. The Kier molecular flexibility index (Phi) is 8.80. The molecule has 0 saturated carbocycles. The van der Waals surface area contributed by atoms with Crippen molar-refractivity contribution in [3.8, 4) is 5.75 Å². The lowest BCUT2D eigenvalue weighted by atomic mass is 10.1. The molecular weight excluding hydrogens is 444 g/mol. The highest BCUT2D eigenvalue weighted by Gasteiger charge is 2.28. The van der Waals surface area contributed by atoms with E-state index in [1.807, 2.05) is 37.3 Å². The average Bonchev–Trinajstić information content (AvgIpc) is 2.70. The van der Waals surface area contributed by atoms with Crippen molar-refractivity contribution in [1.82, 2.24) is 10.2 Å². The highest BCUT2D eigenvalue weighted by molar-refractivity contribution is 9.10. The van der Waals surface area contributed by atoms with Gasteiger partial charge in [-0.15, -0.1) is 0 Å². The minimum Gasteiger partial charge on any atom is -0.483 e. The maximum Gasteiger partial charge on any atom is 0.261 e. The summed E-state index contributed by atoms with van der Waals surface area (Å²) in [5, 5.41) is 3.21. The number of nitrogens with zero attached hydrogens (tertiary/aromatic N) is 1. The van der Waals surface area contributed by atoms with Gasteiger partial charge in [-0.25, -0.2) is 0 Å². The molecule has 0 radical (unpaired) electrons. The van der Waals surface area contributed by atoms with E-state index in [2.05, 4.69) is 21.2 Å². The first kappa shape index (κ1) is 22.2. The molecule has 0 aliphatic rings. The third-order valence-corrected chi connectivity index (χ3v) is 5.22. The molecule has 0 heterocycles. The molecule has 0 bridgehead atoms. The Labute approximate surface area is 179 Å². The van der Waals surface area contributed by atoms with Gasteiger partial charge in [0.15, 0.2) is 6.61 Å². The van der Waals surface area contributed by atoms with Crippen molar-refractivity contribution in [2.45, 2.75) is 25.8 Å². The number of likely N-dealkylation sites (N-methyl/N-ethyl adjacent to an activating group) is 1. The van der Waals surface area contributed by atoms with Gasteiger partial charge in [-0.1, -0.05) is 48.9 Å². The molecule has 2 amide bonds. The third-order valence-electron chi connectivity index (χ3n) is 4.36. The predicted molar refractivity (Wildman–Crippen MR) is 115 cm³/mol. The van der Waals surface area contributed by atoms with Gasteiger partial charge in [0.25, 0.3) is 5.91 Å². The lowest BCUT2D eigenvalue weighted by Gasteiger charge is -2.30. The largest absolute Gasteiger partial charge is 0.483 e. The predicted octanol–water partition coefficient (Wildman–Crippen LogP) is 4.08. The molecule has 150 valence electrons. The van der Waals surface area contributed by atoms with E-state index in [0.29, 0.717) is 34.6 Å². The molecule has 2 rings (SSSR count). The lowest BCUT2D eigenvalue weighted by Crippen LogP contribution is -2.50. The van der Waals surface area contributed by atoms with E-state index < -0.39 is 6.04 Å². The normalized spacial score (nSPS) is 11.6. The first-order chi connectivity index (χ1) is 13.5. The summed E-state index contributed by atoms with van der Waals surface area (Å²) in [6, 6.07) is 14.4. The van der Waals surface area contributed by atoms with Gasteiger partial charge < -0.3 is 15.0 Å². The van der Waals surface area contributed by atoms with E-state index in [0.717, 1.165) is 5.56 Å². The Morgan fingerprint density at radius 1 is 1.21 bits per heavy atom. The second-order valence-electron chi connectivity index (χ2n) is 6.22. The third kappa shape index (κ3) is 6.24.